The summed E-state index contributed by atoms with van der Waals surface area (Å²) in [6.45, 7) is 2.54. The summed E-state index contributed by atoms with van der Waals surface area (Å²) in [6, 6.07) is 12.0. The van der Waals surface area contributed by atoms with Crippen LogP contribution in [0.1, 0.15) is 17.4 Å². The summed E-state index contributed by atoms with van der Waals surface area (Å²) in [5.74, 6) is 0.902. The summed E-state index contributed by atoms with van der Waals surface area (Å²) in [5.41, 5.74) is 6.98. The van der Waals surface area contributed by atoms with Gasteiger partial charge in [0.05, 0.1) is 4.34 Å². The fourth-order valence-corrected chi connectivity index (χ4v) is 2.74. The summed E-state index contributed by atoms with van der Waals surface area (Å²) < 4.78 is 6.62. The van der Waals surface area contributed by atoms with Gasteiger partial charge in [0.25, 0.3) is 0 Å². The van der Waals surface area contributed by atoms with E-state index in [2.05, 4.69) is 6.07 Å². The van der Waals surface area contributed by atoms with Gasteiger partial charge in [-0.1, -0.05) is 29.8 Å². The summed E-state index contributed by atoms with van der Waals surface area (Å²) in [7, 11) is 0. The minimum absolute atomic E-state index is 0.130. The van der Waals surface area contributed by atoms with Crippen molar-refractivity contribution in [2.45, 2.75) is 26.0 Å². The molecule has 1 unspecified atom stereocenters. The monoisotopic (exact) mass is 281 g/mol. The van der Waals surface area contributed by atoms with Crippen LogP contribution >= 0.6 is 22.9 Å². The molecule has 0 bridgehead atoms. The number of benzene rings is 1. The van der Waals surface area contributed by atoms with Crippen LogP contribution in [0.25, 0.3) is 0 Å². The Kier molecular flexibility index (Phi) is 4.64. The molecule has 0 aliphatic rings. The molecular weight excluding hydrogens is 266 g/mol. The highest BCUT2D eigenvalue weighted by Crippen LogP contribution is 2.25. The van der Waals surface area contributed by atoms with E-state index < -0.39 is 0 Å². The molecule has 1 aromatic heterocycles. The van der Waals surface area contributed by atoms with Crippen LogP contribution in [0, 0.1) is 0 Å². The van der Waals surface area contributed by atoms with Crippen molar-refractivity contribution < 1.29 is 4.74 Å². The molecule has 1 aromatic carbocycles. The predicted octanol–water partition coefficient (Wildman–Crippen LogP) is 3.87. The minimum atomic E-state index is 0.130. The summed E-state index contributed by atoms with van der Waals surface area (Å²) in [5, 5.41) is 0. The van der Waals surface area contributed by atoms with Gasteiger partial charge in [-0.15, -0.1) is 11.3 Å². The maximum absolute atomic E-state index is 5.89. The van der Waals surface area contributed by atoms with Crippen molar-refractivity contribution in [1.82, 2.24) is 0 Å². The van der Waals surface area contributed by atoms with Crippen LogP contribution in [-0.2, 0) is 13.0 Å². The number of hydrogen-bond donors (Lipinski definition) is 1. The molecule has 0 aliphatic heterocycles. The highest BCUT2D eigenvalue weighted by molar-refractivity contribution is 7.16. The highest BCUT2D eigenvalue weighted by atomic mass is 35.5. The van der Waals surface area contributed by atoms with Gasteiger partial charge in [0, 0.05) is 10.9 Å². The zero-order chi connectivity index (χ0) is 13.0. The smallest absolute Gasteiger partial charge is 0.123 e. The zero-order valence-corrected chi connectivity index (χ0v) is 11.8. The van der Waals surface area contributed by atoms with Gasteiger partial charge in [-0.25, -0.2) is 0 Å². The Morgan fingerprint density at radius 2 is 2.06 bits per heavy atom. The van der Waals surface area contributed by atoms with E-state index in [-0.39, 0.29) is 6.04 Å². The fourth-order valence-electron chi connectivity index (χ4n) is 1.74. The van der Waals surface area contributed by atoms with E-state index in [1.165, 1.54) is 0 Å². The topological polar surface area (TPSA) is 35.2 Å². The van der Waals surface area contributed by atoms with Gasteiger partial charge < -0.3 is 10.5 Å². The quantitative estimate of drug-likeness (QED) is 0.903. The highest BCUT2D eigenvalue weighted by Gasteiger charge is 2.06. The van der Waals surface area contributed by atoms with Crippen molar-refractivity contribution in [1.29, 1.82) is 0 Å². The number of halogens is 1. The Balaban J connectivity index is 2.04. The Labute approximate surface area is 116 Å². The van der Waals surface area contributed by atoms with Crippen LogP contribution in [-0.4, -0.2) is 6.04 Å². The van der Waals surface area contributed by atoms with Crippen molar-refractivity contribution >= 4 is 22.9 Å². The van der Waals surface area contributed by atoms with Gasteiger partial charge >= 0.3 is 0 Å². The number of para-hydroxylation sites is 1. The molecule has 0 spiro atoms. The standard InChI is InChI=1S/C14H16ClNOS/c1-10(16)8-11-4-2-3-5-13(11)17-9-12-6-7-14(15)18-12/h2-7,10H,8-9,16H2,1H3. The van der Waals surface area contributed by atoms with Gasteiger partial charge in [-0.3, -0.25) is 0 Å². The van der Waals surface area contributed by atoms with E-state index >= 15 is 0 Å². The van der Waals surface area contributed by atoms with Crippen molar-refractivity contribution in [2.75, 3.05) is 0 Å². The molecule has 18 heavy (non-hydrogen) atoms. The third-order valence-electron chi connectivity index (χ3n) is 2.51. The maximum atomic E-state index is 5.89. The first-order valence-corrected chi connectivity index (χ1v) is 7.05. The lowest BCUT2D eigenvalue weighted by molar-refractivity contribution is 0.306. The molecule has 2 nitrogen and oxygen atoms in total. The number of hydrogen-bond acceptors (Lipinski definition) is 3. The molecule has 1 heterocycles. The zero-order valence-electron chi connectivity index (χ0n) is 10.2. The van der Waals surface area contributed by atoms with Gasteiger partial charge in [-0.05, 0) is 37.1 Å². The van der Waals surface area contributed by atoms with E-state index in [0.717, 1.165) is 26.9 Å². The van der Waals surface area contributed by atoms with Crippen molar-refractivity contribution in [2.24, 2.45) is 5.73 Å². The third kappa shape index (κ3) is 3.73. The molecule has 2 rings (SSSR count). The van der Waals surface area contributed by atoms with Gasteiger partial charge in [0.2, 0.25) is 0 Å². The maximum Gasteiger partial charge on any atom is 0.123 e. The van der Waals surface area contributed by atoms with Crippen LogP contribution in [0.5, 0.6) is 5.75 Å². The lowest BCUT2D eigenvalue weighted by Gasteiger charge is -2.12. The van der Waals surface area contributed by atoms with Crippen LogP contribution in [0.3, 0.4) is 0 Å². The molecule has 0 saturated carbocycles. The van der Waals surface area contributed by atoms with Gasteiger partial charge in [0.15, 0.2) is 0 Å². The first-order chi connectivity index (χ1) is 8.65. The van der Waals surface area contributed by atoms with Crippen molar-refractivity contribution in [3.63, 3.8) is 0 Å². The molecule has 4 heteroatoms. The number of nitrogens with two attached hydrogens (primary N) is 1. The average molecular weight is 282 g/mol. The van der Waals surface area contributed by atoms with Gasteiger partial charge in [0.1, 0.15) is 12.4 Å². The Morgan fingerprint density at radius 1 is 1.28 bits per heavy atom. The molecule has 0 radical (unpaired) electrons. The van der Waals surface area contributed by atoms with Crippen LogP contribution in [0.2, 0.25) is 4.34 Å². The predicted molar refractivity (Wildman–Crippen MR) is 77.5 cm³/mol. The number of ether oxygens (including phenoxy) is 1. The summed E-state index contributed by atoms with van der Waals surface area (Å²) in [4.78, 5) is 1.12. The normalized spacial score (nSPS) is 12.4. The molecule has 96 valence electrons. The van der Waals surface area contributed by atoms with Gasteiger partial charge in [-0.2, -0.15) is 0 Å². The molecule has 0 amide bonds. The Bertz CT molecular complexity index is 510. The second-order valence-electron chi connectivity index (χ2n) is 4.28. The molecule has 0 saturated heterocycles. The number of thiophene rings is 1. The molecule has 0 fully saturated rings. The molecular formula is C14H16ClNOS. The SMILES string of the molecule is CC(N)Cc1ccccc1OCc1ccc(Cl)s1. The molecule has 2 N–H and O–H groups in total. The summed E-state index contributed by atoms with van der Waals surface area (Å²) >= 11 is 7.43. The first-order valence-electron chi connectivity index (χ1n) is 5.85. The second-order valence-corrected chi connectivity index (χ2v) is 6.08. The lowest BCUT2D eigenvalue weighted by Crippen LogP contribution is -2.18. The lowest BCUT2D eigenvalue weighted by atomic mass is 10.1. The largest absolute Gasteiger partial charge is 0.488 e. The van der Waals surface area contributed by atoms with Crippen LogP contribution < -0.4 is 10.5 Å². The Hall–Kier alpha value is -1.03. The van der Waals surface area contributed by atoms with E-state index in [1.54, 1.807) is 11.3 Å². The third-order valence-corrected chi connectivity index (χ3v) is 3.72. The first kappa shape index (κ1) is 13.4. The van der Waals surface area contributed by atoms with E-state index in [4.69, 9.17) is 22.1 Å². The average Bonchev–Trinajstić information content (AvgIpc) is 2.73. The molecule has 2 aromatic rings. The van der Waals surface area contributed by atoms with Crippen LogP contribution in [0.15, 0.2) is 36.4 Å². The second kappa shape index (κ2) is 6.23. The van der Waals surface area contributed by atoms with E-state index in [9.17, 15) is 0 Å². The van der Waals surface area contributed by atoms with Crippen LogP contribution in [0.4, 0.5) is 0 Å². The van der Waals surface area contributed by atoms with Crippen molar-refractivity contribution in [3.05, 3.63) is 51.2 Å². The molecule has 1 atom stereocenters. The molecule has 0 aliphatic carbocycles. The summed E-state index contributed by atoms with van der Waals surface area (Å²) in [6.07, 6.45) is 0.821. The number of rotatable bonds is 5. The van der Waals surface area contributed by atoms with Crippen molar-refractivity contribution in [3.8, 4) is 5.75 Å². The minimum Gasteiger partial charge on any atom is -0.488 e. The van der Waals surface area contributed by atoms with E-state index in [1.807, 2.05) is 37.3 Å². The Morgan fingerprint density at radius 3 is 2.72 bits per heavy atom. The van der Waals surface area contributed by atoms with E-state index in [0.29, 0.717) is 6.61 Å². The fraction of sp³-hybridized carbons (Fsp3) is 0.286.